The number of nitro groups is 1. The summed E-state index contributed by atoms with van der Waals surface area (Å²) in [6.07, 6.45) is 3.49. The van der Waals surface area contributed by atoms with Crippen LogP contribution in [0.4, 0.5) is 5.95 Å². The summed E-state index contributed by atoms with van der Waals surface area (Å²) in [5, 5.41) is 17.4. The maximum atomic E-state index is 10.3. The normalized spacial score (nSPS) is 22.1. The molecule has 0 bridgehead atoms. The van der Waals surface area contributed by atoms with Gasteiger partial charge in [-0.05, 0) is 24.3 Å². The first-order chi connectivity index (χ1) is 6.77. The van der Waals surface area contributed by atoms with Gasteiger partial charge in [-0.25, -0.2) is 0 Å². The smallest absolute Gasteiger partial charge is 0.390 e. The van der Waals surface area contributed by atoms with E-state index in [9.17, 15) is 10.1 Å². The molecule has 0 unspecified atom stereocenters. The third kappa shape index (κ3) is 1.72. The third-order valence-electron chi connectivity index (χ3n) is 2.30. The van der Waals surface area contributed by atoms with E-state index in [1.807, 2.05) is 0 Å². The number of aromatic nitrogens is 3. The van der Waals surface area contributed by atoms with Gasteiger partial charge in [0.1, 0.15) is 0 Å². The monoisotopic (exact) mass is 197 g/mol. The summed E-state index contributed by atoms with van der Waals surface area (Å²) in [7, 11) is 0. The fourth-order valence-corrected chi connectivity index (χ4v) is 1.58. The molecule has 7 nitrogen and oxygen atoms in total. The number of rotatable bonds is 2. The Balaban J connectivity index is 2.11. The van der Waals surface area contributed by atoms with Gasteiger partial charge in [0.15, 0.2) is 0 Å². The average Bonchev–Trinajstić information content (AvgIpc) is 2.68. The molecule has 1 aliphatic rings. The van der Waals surface area contributed by atoms with Gasteiger partial charge in [-0.1, -0.05) is 4.98 Å². The van der Waals surface area contributed by atoms with Gasteiger partial charge < -0.3 is 15.4 Å². The number of hydrogen-bond donors (Lipinski definition) is 1. The molecule has 1 atom stereocenters. The summed E-state index contributed by atoms with van der Waals surface area (Å²) in [5.41, 5.74) is 0. The van der Waals surface area contributed by atoms with Crippen molar-refractivity contribution in [2.75, 3.05) is 13.1 Å². The Labute approximate surface area is 80.3 Å². The summed E-state index contributed by atoms with van der Waals surface area (Å²) in [4.78, 5) is 13.4. The predicted molar refractivity (Wildman–Crippen MR) is 47.8 cm³/mol. The van der Waals surface area contributed by atoms with Crippen LogP contribution in [-0.4, -0.2) is 32.8 Å². The van der Waals surface area contributed by atoms with Crippen LogP contribution in [0.2, 0.25) is 0 Å². The van der Waals surface area contributed by atoms with Gasteiger partial charge in [0.05, 0.1) is 6.04 Å². The molecule has 1 saturated heterocycles. The van der Waals surface area contributed by atoms with E-state index in [0.29, 0.717) is 0 Å². The minimum atomic E-state index is -0.577. The lowest BCUT2D eigenvalue weighted by Crippen LogP contribution is -2.31. The molecule has 1 aliphatic heterocycles. The molecule has 1 fully saturated rings. The highest BCUT2D eigenvalue weighted by Crippen LogP contribution is 2.15. The maximum Gasteiger partial charge on any atom is 0.490 e. The zero-order chi connectivity index (χ0) is 9.97. The van der Waals surface area contributed by atoms with E-state index in [1.165, 1.54) is 6.33 Å². The molecule has 2 heterocycles. The largest absolute Gasteiger partial charge is 0.490 e. The van der Waals surface area contributed by atoms with E-state index in [1.54, 1.807) is 4.68 Å². The van der Waals surface area contributed by atoms with Crippen LogP contribution in [-0.2, 0) is 0 Å². The molecule has 14 heavy (non-hydrogen) atoms. The van der Waals surface area contributed by atoms with Crippen molar-refractivity contribution in [3.63, 3.8) is 0 Å². The fraction of sp³-hybridized carbons (Fsp3) is 0.714. The molecule has 76 valence electrons. The molecule has 1 aromatic rings. The molecule has 1 N–H and O–H groups in total. The average molecular weight is 197 g/mol. The van der Waals surface area contributed by atoms with E-state index in [0.717, 1.165) is 25.9 Å². The van der Waals surface area contributed by atoms with Crippen LogP contribution >= 0.6 is 0 Å². The molecule has 2 rings (SSSR count). The van der Waals surface area contributed by atoms with Gasteiger partial charge in [-0.2, -0.15) is 4.68 Å². The lowest BCUT2D eigenvalue weighted by Gasteiger charge is -2.20. The Morgan fingerprint density at radius 2 is 2.57 bits per heavy atom. The summed E-state index contributed by atoms with van der Waals surface area (Å²) in [5.74, 6) is -0.324. The van der Waals surface area contributed by atoms with Crippen molar-refractivity contribution in [1.29, 1.82) is 0 Å². The Kier molecular flexibility index (Phi) is 2.40. The fourth-order valence-electron chi connectivity index (χ4n) is 1.58. The van der Waals surface area contributed by atoms with Crippen LogP contribution in [0, 0.1) is 10.1 Å². The standard InChI is InChI=1S/C7H11N5O2/c13-12(14)7-9-5-11(10-7)6-2-1-3-8-4-6/h5-6,8H,1-4H2/t6-/m0/s1. The van der Waals surface area contributed by atoms with Crippen molar-refractivity contribution in [2.24, 2.45) is 0 Å². The Hall–Kier alpha value is -1.50. The van der Waals surface area contributed by atoms with Crippen molar-refractivity contribution in [2.45, 2.75) is 18.9 Å². The SMILES string of the molecule is O=[N+]([O-])c1ncn([C@H]2CCCNC2)n1. The van der Waals surface area contributed by atoms with E-state index in [4.69, 9.17) is 0 Å². The topological polar surface area (TPSA) is 85.9 Å². The van der Waals surface area contributed by atoms with Crippen LogP contribution in [0.5, 0.6) is 0 Å². The molecule has 1 aromatic heterocycles. The van der Waals surface area contributed by atoms with Crippen molar-refractivity contribution in [1.82, 2.24) is 20.1 Å². The van der Waals surface area contributed by atoms with Gasteiger partial charge in [-0.15, -0.1) is 0 Å². The maximum absolute atomic E-state index is 10.3. The first-order valence-corrected chi connectivity index (χ1v) is 4.53. The molecule has 0 spiro atoms. The van der Waals surface area contributed by atoms with E-state index >= 15 is 0 Å². The zero-order valence-electron chi connectivity index (χ0n) is 7.59. The Morgan fingerprint density at radius 3 is 3.14 bits per heavy atom. The van der Waals surface area contributed by atoms with E-state index in [-0.39, 0.29) is 12.0 Å². The summed E-state index contributed by atoms with van der Waals surface area (Å²) in [6, 6.07) is 0.199. The van der Waals surface area contributed by atoms with Gasteiger partial charge in [0, 0.05) is 11.6 Å². The summed E-state index contributed by atoms with van der Waals surface area (Å²) >= 11 is 0. The van der Waals surface area contributed by atoms with E-state index in [2.05, 4.69) is 15.4 Å². The first-order valence-electron chi connectivity index (χ1n) is 4.53. The van der Waals surface area contributed by atoms with Crippen LogP contribution in [0.25, 0.3) is 0 Å². The van der Waals surface area contributed by atoms with Crippen molar-refractivity contribution < 1.29 is 4.92 Å². The van der Waals surface area contributed by atoms with Crippen LogP contribution in [0.3, 0.4) is 0 Å². The molecule has 0 aliphatic carbocycles. The van der Waals surface area contributed by atoms with Crippen molar-refractivity contribution >= 4 is 5.95 Å². The number of hydrogen-bond acceptors (Lipinski definition) is 5. The van der Waals surface area contributed by atoms with Gasteiger partial charge in [0.2, 0.25) is 6.33 Å². The van der Waals surface area contributed by atoms with E-state index < -0.39 is 4.92 Å². The van der Waals surface area contributed by atoms with Crippen LogP contribution in [0.1, 0.15) is 18.9 Å². The second kappa shape index (κ2) is 3.70. The highest BCUT2D eigenvalue weighted by molar-refractivity contribution is 4.98. The molecular weight excluding hydrogens is 186 g/mol. The lowest BCUT2D eigenvalue weighted by atomic mass is 10.1. The number of nitrogens with zero attached hydrogens (tertiary/aromatic N) is 4. The molecule has 0 aromatic carbocycles. The Morgan fingerprint density at radius 1 is 1.71 bits per heavy atom. The van der Waals surface area contributed by atoms with Crippen molar-refractivity contribution in [3.05, 3.63) is 16.4 Å². The lowest BCUT2D eigenvalue weighted by molar-refractivity contribution is -0.394. The molecular formula is C7H11N5O2. The summed E-state index contributed by atoms with van der Waals surface area (Å²) in [6.45, 7) is 1.81. The molecule has 0 amide bonds. The van der Waals surface area contributed by atoms with Gasteiger partial charge in [-0.3, -0.25) is 0 Å². The highest BCUT2D eigenvalue weighted by atomic mass is 16.6. The first kappa shape index (κ1) is 9.07. The second-order valence-electron chi connectivity index (χ2n) is 3.28. The molecule has 0 saturated carbocycles. The number of nitrogens with one attached hydrogen (secondary N) is 1. The van der Waals surface area contributed by atoms with Crippen LogP contribution in [0.15, 0.2) is 6.33 Å². The predicted octanol–water partition coefficient (Wildman–Crippen LogP) is 0.111. The zero-order valence-corrected chi connectivity index (χ0v) is 7.59. The number of piperidine rings is 1. The molecule has 7 heteroatoms. The van der Waals surface area contributed by atoms with Gasteiger partial charge in [0.25, 0.3) is 0 Å². The third-order valence-corrected chi connectivity index (χ3v) is 2.30. The second-order valence-corrected chi connectivity index (χ2v) is 3.28. The van der Waals surface area contributed by atoms with Gasteiger partial charge >= 0.3 is 5.95 Å². The minimum absolute atomic E-state index is 0.199. The van der Waals surface area contributed by atoms with Crippen LogP contribution < -0.4 is 5.32 Å². The van der Waals surface area contributed by atoms with Crippen molar-refractivity contribution in [3.8, 4) is 0 Å². The quantitative estimate of drug-likeness (QED) is 0.537. The summed E-state index contributed by atoms with van der Waals surface area (Å²) < 4.78 is 1.57. The highest BCUT2D eigenvalue weighted by Gasteiger charge is 2.21. The minimum Gasteiger partial charge on any atom is -0.390 e. The molecule has 0 radical (unpaired) electrons. The Bertz CT molecular complexity index is 331.